The van der Waals surface area contributed by atoms with Crippen molar-refractivity contribution in [2.45, 2.75) is 51.6 Å². The average Bonchev–Trinajstić information content (AvgIpc) is 2.48. The Labute approximate surface area is 137 Å². The predicted octanol–water partition coefficient (Wildman–Crippen LogP) is 3.08. The number of carbonyl (C=O) groups excluding carboxylic acids is 1. The molecule has 0 radical (unpaired) electrons. The molecule has 1 aromatic rings. The fourth-order valence-corrected chi connectivity index (χ4v) is 3.99. The van der Waals surface area contributed by atoms with Gasteiger partial charge in [0.25, 0.3) is 0 Å². The van der Waals surface area contributed by atoms with Crippen molar-refractivity contribution in [1.29, 1.82) is 0 Å². The Kier molecular flexibility index (Phi) is 4.45. The molecule has 1 N–H and O–H groups in total. The van der Waals surface area contributed by atoms with Crippen LogP contribution in [0.15, 0.2) is 18.2 Å². The van der Waals surface area contributed by atoms with Crippen LogP contribution in [0.5, 0.6) is 0 Å². The minimum Gasteiger partial charge on any atom is -0.390 e. The van der Waals surface area contributed by atoms with E-state index in [1.807, 2.05) is 17.9 Å². The maximum absolute atomic E-state index is 13.2. The van der Waals surface area contributed by atoms with E-state index >= 15 is 0 Å². The molecule has 0 spiro atoms. The number of nitrogens with zero attached hydrogens (tertiary/aromatic N) is 1. The molecule has 3 nitrogen and oxygen atoms in total. The van der Waals surface area contributed by atoms with Crippen LogP contribution in [-0.4, -0.2) is 34.6 Å². The van der Waals surface area contributed by atoms with Gasteiger partial charge in [0.15, 0.2) is 0 Å². The van der Waals surface area contributed by atoms with Gasteiger partial charge in [-0.15, -0.1) is 0 Å². The summed E-state index contributed by atoms with van der Waals surface area (Å²) in [4.78, 5) is 14.4. The van der Waals surface area contributed by atoms with Crippen molar-refractivity contribution in [1.82, 2.24) is 4.90 Å². The number of amides is 1. The fraction of sp³-hybridized carbons (Fsp3) is 0.632. The SMILES string of the molecule is Cc1cc(F)ccc1CC1CCN(C(=O)C2CC(C)(O)C2)CC1. The summed E-state index contributed by atoms with van der Waals surface area (Å²) >= 11 is 0. The molecule has 0 unspecified atom stereocenters. The van der Waals surface area contributed by atoms with Crippen molar-refractivity contribution in [3.8, 4) is 0 Å². The zero-order valence-electron chi connectivity index (χ0n) is 14.0. The number of rotatable bonds is 3. The lowest BCUT2D eigenvalue weighted by Crippen LogP contribution is -2.51. The molecule has 2 aliphatic rings. The highest BCUT2D eigenvalue weighted by Crippen LogP contribution is 2.39. The Morgan fingerprint density at radius 3 is 2.57 bits per heavy atom. The van der Waals surface area contributed by atoms with Gasteiger partial charge >= 0.3 is 0 Å². The Hall–Kier alpha value is -1.42. The molecular formula is C19H26FNO2. The first-order chi connectivity index (χ1) is 10.8. The lowest BCUT2D eigenvalue weighted by atomic mass is 9.71. The van der Waals surface area contributed by atoms with Crippen LogP contribution in [0.4, 0.5) is 4.39 Å². The summed E-state index contributed by atoms with van der Waals surface area (Å²) in [5.74, 6) is 0.615. The minimum absolute atomic E-state index is 0.0147. The van der Waals surface area contributed by atoms with Gasteiger partial charge in [0, 0.05) is 19.0 Å². The van der Waals surface area contributed by atoms with Crippen molar-refractivity contribution in [2.24, 2.45) is 11.8 Å². The lowest BCUT2D eigenvalue weighted by Gasteiger charge is -2.43. The molecular weight excluding hydrogens is 293 g/mol. The van der Waals surface area contributed by atoms with E-state index in [4.69, 9.17) is 0 Å². The molecule has 0 aromatic heterocycles. The Balaban J connectivity index is 1.49. The molecule has 1 aromatic carbocycles. The van der Waals surface area contributed by atoms with Gasteiger partial charge in [0.1, 0.15) is 5.82 Å². The van der Waals surface area contributed by atoms with Gasteiger partial charge in [-0.05, 0) is 75.1 Å². The van der Waals surface area contributed by atoms with E-state index in [-0.39, 0.29) is 17.6 Å². The third kappa shape index (κ3) is 3.74. The van der Waals surface area contributed by atoms with Crippen LogP contribution in [0.25, 0.3) is 0 Å². The van der Waals surface area contributed by atoms with E-state index in [0.29, 0.717) is 18.8 Å². The number of benzene rings is 1. The second-order valence-corrected chi connectivity index (χ2v) is 7.65. The summed E-state index contributed by atoms with van der Waals surface area (Å²) in [7, 11) is 0. The third-order valence-corrected chi connectivity index (χ3v) is 5.46. The quantitative estimate of drug-likeness (QED) is 0.930. The van der Waals surface area contributed by atoms with Gasteiger partial charge in [-0.3, -0.25) is 4.79 Å². The molecule has 1 amide bonds. The Morgan fingerprint density at radius 2 is 2.00 bits per heavy atom. The normalized spacial score (nSPS) is 28.5. The van der Waals surface area contributed by atoms with Gasteiger partial charge in [-0.25, -0.2) is 4.39 Å². The first kappa shape index (κ1) is 16.4. The Bertz CT molecular complexity index is 583. The van der Waals surface area contributed by atoms with Crippen LogP contribution >= 0.6 is 0 Å². The molecule has 0 atom stereocenters. The predicted molar refractivity (Wildman–Crippen MR) is 87.5 cm³/mol. The van der Waals surface area contributed by atoms with E-state index in [0.717, 1.165) is 37.9 Å². The smallest absolute Gasteiger partial charge is 0.225 e. The summed E-state index contributed by atoms with van der Waals surface area (Å²) in [5, 5.41) is 9.79. The third-order valence-electron chi connectivity index (χ3n) is 5.46. The highest BCUT2D eigenvalue weighted by molar-refractivity contribution is 5.80. The van der Waals surface area contributed by atoms with E-state index < -0.39 is 5.60 Å². The average molecular weight is 319 g/mol. The number of hydrogen-bond acceptors (Lipinski definition) is 2. The summed E-state index contributed by atoms with van der Waals surface area (Å²) < 4.78 is 13.2. The van der Waals surface area contributed by atoms with Crippen LogP contribution in [0.3, 0.4) is 0 Å². The summed E-state index contributed by atoms with van der Waals surface area (Å²) in [6.45, 7) is 5.37. The van der Waals surface area contributed by atoms with Crippen LogP contribution in [-0.2, 0) is 11.2 Å². The zero-order valence-corrected chi connectivity index (χ0v) is 14.0. The number of aliphatic hydroxyl groups is 1. The highest BCUT2D eigenvalue weighted by Gasteiger charge is 2.44. The van der Waals surface area contributed by atoms with Crippen molar-refractivity contribution in [2.75, 3.05) is 13.1 Å². The van der Waals surface area contributed by atoms with Gasteiger partial charge in [-0.2, -0.15) is 0 Å². The van der Waals surface area contributed by atoms with Gasteiger partial charge in [0.05, 0.1) is 5.60 Å². The van der Waals surface area contributed by atoms with Crippen molar-refractivity contribution in [3.05, 3.63) is 35.1 Å². The fourth-order valence-electron chi connectivity index (χ4n) is 3.99. The van der Waals surface area contributed by atoms with E-state index in [1.54, 1.807) is 13.0 Å². The standard InChI is InChI=1S/C19H26FNO2/c1-13-9-17(20)4-3-15(13)10-14-5-7-21(8-6-14)18(22)16-11-19(2,23)12-16/h3-4,9,14,16,23H,5-8,10-12H2,1-2H3. The van der Waals surface area contributed by atoms with Crippen molar-refractivity contribution >= 4 is 5.91 Å². The molecule has 1 heterocycles. The summed E-state index contributed by atoms with van der Waals surface area (Å²) in [6, 6.07) is 5.01. The first-order valence-electron chi connectivity index (χ1n) is 8.60. The first-order valence-corrected chi connectivity index (χ1v) is 8.60. The zero-order chi connectivity index (χ0) is 16.6. The summed E-state index contributed by atoms with van der Waals surface area (Å²) in [5.41, 5.74) is 1.59. The largest absolute Gasteiger partial charge is 0.390 e. The molecule has 4 heteroatoms. The van der Waals surface area contributed by atoms with E-state index in [2.05, 4.69) is 0 Å². The molecule has 1 saturated carbocycles. The van der Waals surface area contributed by atoms with Crippen LogP contribution in [0, 0.1) is 24.6 Å². The Morgan fingerprint density at radius 1 is 1.35 bits per heavy atom. The maximum atomic E-state index is 13.2. The number of likely N-dealkylation sites (tertiary alicyclic amines) is 1. The monoisotopic (exact) mass is 319 g/mol. The second-order valence-electron chi connectivity index (χ2n) is 7.65. The van der Waals surface area contributed by atoms with Crippen LogP contribution < -0.4 is 0 Å². The van der Waals surface area contributed by atoms with E-state index in [9.17, 15) is 14.3 Å². The molecule has 23 heavy (non-hydrogen) atoms. The molecule has 1 aliphatic heterocycles. The molecule has 1 aliphatic carbocycles. The van der Waals surface area contributed by atoms with Crippen molar-refractivity contribution < 1.29 is 14.3 Å². The lowest BCUT2D eigenvalue weighted by molar-refractivity contribution is -0.151. The molecule has 2 fully saturated rings. The number of hydrogen-bond donors (Lipinski definition) is 1. The number of halogens is 1. The number of carbonyl (C=O) groups is 1. The van der Waals surface area contributed by atoms with Gasteiger partial charge < -0.3 is 10.0 Å². The molecule has 3 rings (SSSR count). The summed E-state index contributed by atoms with van der Waals surface area (Å²) in [6.07, 6.45) is 4.17. The van der Waals surface area contributed by atoms with Gasteiger partial charge in [0.2, 0.25) is 5.91 Å². The second kappa shape index (κ2) is 6.23. The number of piperidine rings is 1. The van der Waals surface area contributed by atoms with Crippen molar-refractivity contribution in [3.63, 3.8) is 0 Å². The topological polar surface area (TPSA) is 40.5 Å². The molecule has 126 valence electrons. The van der Waals surface area contributed by atoms with Gasteiger partial charge in [-0.1, -0.05) is 6.07 Å². The van der Waals surface area contributed by atoms with Crippen LogP contribution in [0.1, 0.15) is 43.7 Å². The highest BCUT2D eigenvalue weighted by atomic mass is 19.1. The number of aryl methyl sites for hydroxylation is 1. The minimum atomic E-state index is -0.640. The molecule has 1 saturated heterocycles. The molecule has 0 bridgehead atoms. The maximum Gasteiger partial charge on any atom is 0.225 e. The van der Waals surface area contributed by atoms with Crippen LogP contribution in [0.2, 0.25) is 0 Å². The van der Waals surface area contributed by atoms with E-state index in [1.165, 1.54) is 11.6 Å².